The van der Waals surface area contributed by atoms with Crippen molar-refractivity contribution in [1.82, 2.24) is 5.32 Å². The van der Waals surface area contributed by atoms with Gasteiger partial charge in [0.2, 0.25) is 8.45 Å². The molecular formula is C35H49N4OPS. The van der Waals surface area contributed by atoms with Gasteiger partial charge in [-0.3, -0.25) is 0 Å². The van der Waals surface area contributed by atoms with Gasteiger partial charge in [0.15, 0.2) is 5.11 Å². The van der Waals surface area contributed by atoms with Crippen molar-refractivity contribution in [2.24, 2.45) is 0 Å². The van der Waals surface area contributed by atoms with Crippen LogP contribution in [0.3, 0.4) is 0 Å². The lowest BCUT2D eigenvalue weighted by molar-refractivity contribution is 0.357. The molecule has 0 aromatic heterocycles. The first kappa shape index (κ1) is 32.3. The molecule has 7 heteroatoms. The minimum absolute atomic E-state index is 0.418. The summed E-state index contributed by atoms with van der Waals surface area (Å²) in [6.07, 6.45) is 0. The van der Waals surface area contributed by atoms with Gasteiger partial charge in [-0.2, -0.15) is 0 Å². The topological polar surface area (TPSA) is 39.8 Å². The van der Waals surface area contributed by atoms with Crippen LogP contribution in [0.25, 0.3) is 0 Å². The molecule has 5 nitrogen and oxygen atoms in total. The van der Waals surface area contributed by atoms with Crippen molar-refractivity contribution in [2.75, 3.05) is 40.9 Å². The van der Waals surface area contributed by atoms with E-state index in [2.05, 4.69) is 112 Å². The molecule has 4 rings (SSSR count). The van der Waals surface area contributed by atoms with Gasteiger partial charge in [0.1, 0.15) is 0 Å². The molecule has 1 aliphatic rings. The fraction of sp³-hybridized carbons (Fsp3) is 0.457. The standard InChI is InChI=1S/C35H49N4OPS/c1-24(2)29-16-12-17-30(25(3)4)33(29)38-21-22-39(34-31(26(5)6)18-13-19-32(34)27(7)8)41(38)40-23-20-36-35(42)37-28-14-10-9-11-15-28/h9-19,24-27H,20-23H2,1-8H3,(H2,36,37,42). The number of thiocarbonyl (C=S) groups is 1. The number of benzene rings is 3. The predicted octanol–water partition coefficient (Wildman–Crippen LogP) is 9.74. The molecule has 1 fully saturated rings. The normalized spacial score (nSPS) is 14.1. The molecule has 0 unspecified atom stereocenters. The third-order valence-corrected chi connectivity index (χ3v) is 10.0. The van der Waals surface area contributed by atoms with Crippen molar-refractivity contribution in [1.29, 1.82) is 0 Å². The van der Waals surface area contributed by atoms with Crippen LogP contribution in [0.2, 0.25) is 0 Å². The van der Waals surface area contributed by atoms with Crippen molar-refractivity contribution in [3.05, 3.63) is 89.0 Å². The summed E-state index contributed by atoms with van der Waals surface area (Å²) in [5, 5.41) is 7.23. The van der Waals surface area contributed by atoms with Crippen LogP contribution in [0, 0.1) is 0 Å². The van der Waals surface area contributed by atoms with Gasteiger partial charge in [-0.05, 0) is 70.3 Å². The number of nitrogens with zero attached hydrogens (tertiary/aromatic N) is 2. The Morgan fingerprint density at radius 1 is 0.690 bits per heavy atom. The lowest BCUT2D eigenvalue weighted by Gasteiger charge is -2.36. The maximum atomic E-state index is 6.94. The second-order valence-corrected chi connectivity index (χ2v) is 14.4. The quantitative estimate of drug-likeness (QED) is 0.129. The zero-order valence-corrected chi connectivity index (χ0v) is 28.4. The Hall–Kier alpha value is -2.66. The summed E-state index contributed by atoms with van der Waals surface area (Å²) < 4.78 is 12.1. The smallest absolute Gasteiger partial charge is 0.248 e. The van der Waals surface area contributed by atoms with Gasteiger partial charge in [-0.25, -0.2) is 0 Å². The van der Waals surface area contributed by atoms with Crippen molar-refractivity contribution in [3.63, 3.8) is 0 Å². The predicted molar refractivity (Wildman–Crippen MR) is 187 cm³/mol. The van der Waals surface area contributed by atoms with Gasteiger partial charge in [0.05, 0.1) is 18.0 Å². The third kappa shape index (κ3) is 7.45. The third-order valence-electron chi connectivity index (χ3n) is 7.76. The second kappa shape index (κ2) is 14.7. The molecule has 3 aromatic carbocycles. The molecule has 1 heterocycles. The Balaban J connectivity index is 1.67. The summed E-state index contributed by atoms with van der Waals surface area (Å²) in [4.78, 5) is 0. The van der Waals surface area contributed by atoms with Crippen LogP contribution in [0.4, 0.5) is 17.1 Å². The number of para-hydroxylation sites is 3. The second-order valence-electron chi connectivity index (χ2n) is 12.3. The van der Waals surface area contributed by atoms with Crippen molar-refractivity contribution in [3.8, 4) is 0 Å². The lowest BCUT2D eigenvalue weighted by Crippen LogP contribution is -2.32. The molecule has 1 aliphatic heterocycles. The van der Waals surface area contributed by atoms with E-state index < -0.39 is 8.45 Å². The lowest BCUT2D eigenvalue weighted by atomic mass is 9.92. The van der Waals surface area contributed by atoms with Crippen LogP contribution < -0.4 is 20.0 Å². The summed E-state index contributed by atoms with van der Waals surface area (Å²) in [5.74, 6) is 1.67. The van der Waals surface area contributed by atoms with E-state index in [-0.39, 0.29) is 0 Å². The molecule has 0 radical (unpaired) electrons. The molecule has 0 spiro atoms. The highest BCUT2D eigenvalue weighted by atomic mass is 32.1. The summed E-state index contributed by atoms with van der Waals surface area (Å²) in [5.41, 5.74) is 9.28. The fourth-order valence-electron chi connectivity index (χ4n) is 5.63. The molecule has 226 valence electrons. The fourth-order valence-corrected chi connectivity index (χ4v) is 7.97. The minimum Gasteiger partial charge on any atom is -0.360 e. The maximum absolute atomic E-state index is 6.94. The van der Waals surface area contributed by atoms with Crippen LogP contribution in [0.1, 0.15) is 101 Å². The molecule has 42 heavy (non-hydrogen) atoms. The molecule has 3 aromatic rings. The van der Waals surface area contributed by atoms with E-state index in [4.69, 9.17) is 16.7 Å². The van der Waals surface area contributed by atoms with E-state index in [1.54, 1.807) is 0 Å². The van der Waals surface area contributed by atoms with Gasteiger partial charge in [-0.15, -0.1) is 0 Å². The van der Waals surface area contributed by atoms with Gasteiger partial charge in [0.25, 0.3) is 0 Å². The van der Waals surface area contributed by atoms with Crippen molar-refractivity contribution >= 4 is 42.8 Å². The number of hydrogen-bond donors (Lipinski definition) is 2. The average Bonchev–Trinajstić information content (AvgIpc) is 3.37. The van der Waals surface area contributed by atoms with Crippen LogP contribution in [-0.4, -0.2) is 31.4 Å². The Labute approximate surface area is 261 Å². The molecule has 0 bridgehead atoms. The number of hydrogen-bond acceptors (Lipinski definition) is 4. The summed E-state index contributed by atoms with van der Waals surface area (Å²) in [7, 11) is -1.10. The summed E-state index contributed by atoms with van der Waals surface area (Å²) >= 11 is 5.57. The van der Waals surface area contributed by atoms with E-state index in [0.717, 1.165) is 18.8 Å². The van der Waals surface area contributed by atoms with E-state index in [0.29, 0.717) is 41.9 Å². The van der Waals surface area contributed by atoms with E-state index in [1.807, 2.05) is 30.3 Å². The van der Waals surface area contributed by atoms with E-state index >= 15 is 0 Å². The first-order chi connectivity index (χ1) is 20.1. The van der Waals surface area contributed by atoms with Crippen molar-refractivity contribution in [2.45, 2.75) is 79.1 Å². The van der Waals surface area contributed by atoms with Gasteiger partial charge >= 0.3 is 0 Å². The zero-order chi connectivity index (χ0) is 30.4. The summed E-state index contributed by atoms with van der Waals surface area (Å²) in [6, 6.07) is 23.7. The van der Waals surface area contributed by atoms with Crippen LogP contribution >= 0.6 is 20.7 Å². The maximum Gasteiger partial charge on any atom is 0.248 e. The van der Waals surface area contributed by atoms with Gasteiger partial charge in [0, 0.05) is 25.3 Å². The van der Waals surface area contributed by atoms with Crippen LogP contribution in [0.15, 0.2) is 66.7 Å². The zero-order valence-electron chi connectivity index (χ0n) is 26.6. The first-order valence-corrected chi connectivity index (χ1v) is 17.0. The minimum atomic E-state index is -1.10. The monoisotopic (exact) mass is 604 g/mol. The average molecular weight is 605 g/mol. The molecular weight excluding hydrogens is 555 g/mol. The Bertz CT molecular complexity index is 1200. The highest BCUT2D eigenvalue weighted by Crippen LogP contribution is 2.58. The van der Waals surface area contributed by atoms with E-state index in [9.17, 15) is 0 Å². The van der Waals surface area contributed by atoms with Crippen molar-refractivity contribution < 1.29 is 4.52 Å². The molecule has 0 atom stereocenters. The van der Waals surface area contributed by atoms with Gasteiger partial charge in [-0.1, -0.05) is 110 Å². The van der Waals surface area contributed by atoms with Crippen LogP contribution in [-0.2, 0) is 4.52 Å². The first-order valence-electron chi connectivity index (χ1n) is 15.4. The largest absolute Gasteiger partial charge is 0.360 e. The molecule has 0 saturated carbocycles. The number of nitrogens with one attached hydrogen (secondary N) is 2. The summed E-state index contributed by atoms with van der Waals surface area (Å²) in [6.45, 7) is 21.5. The Kier molecular flexibility index (Phi) is 11.3. The number of rotatable bonds is 11. The Morgan fingerprint density at radius 2 is 1.12 bits per heavy atom. The Morgan fingerprint density at radius 3 is 1.52 bits per heavy atom. The molecule has 2 N–H and O–H groups in total. The van der Waals surface area contributed by atoms with Crippen LogP contribution in [0.5, 0.6) is 0 Å². The molecule has 0 aliphatic carbocycles. The molecule has 1 saturated heterocycles. The highest BCUT2D eigenvalue weighted by Gasteiger charge is 2.39. The number of anilines is 3. The van der Waals surface area contributed by atoms with E-state index in [1.165, 1.54) is 33.6 Å². The van der Waals surface area contributed by atoms with Gasteiger partial charge < -0.3 is 24.5 Å². The SMILES string of the molecule is CC(C)c1cccc(C(C)C)c1N1CCN(c2c(C(C)C)cccc2C(C)C)P1OCCNC(=S)Nc1ccccc1. The molecule has 0 amide bonds. The highest BCUT2D eigenvalue weighted by molar-refractivity contribution is 7.80.